The topological polar surface area (TPSA) is 44.5 Å². The SMILES string of the molecule is COc1cccc(CC2(N)CC2)c1OC1CCCSC1. The summed E-state index contributed by atoms with van der Waals surface area (Å²) in [7, 11) is 1.71. The fraction of sp³-hybridized carbons (Fsp3) is 0.625. The minimum Gasteiger partial charge on any atom is -0.493 e. The minimum atomic E-state index is -0.00815. The van der Waals surface area contributed by atoms with Crippen molar-refractivity contribution in [3.63, 3.8) is 0 Å². The van der Waals surface area contributed by atoms with Crippen LogP contribution in [0.4, 0.5) is 0 Å². The highest BCUT2D eigenvalue weighted by Crippen LogP contribution is 2.41. The van der Waals surface area contributed by atoms with Crippen molar-refractivity contribution in [3.05, 3.63) is 23.8 Å². The molecule has 1 unspecified atom stereocenters. The van der Waals surface area contributed by atoms with Gasteiger partial charge in [-0.15, -0.1) is 0 Å². The first-order valence-electron chi connectivity index (χ1n) is 7.39. The molecule has 0 spiro atoms. The summed E-state index contributed by atoms with van der Waals surface area (Å²) in [6, 6.07) is 6.13. The molecule has 20 heavy (non-hydrogen) atoms. The third-order valence-electron chi connectivity index (χ3n) is 4.12. The number of methoxy groups -OCH3 is 1. The first kappa shape index (κ1) is 14.1. The lowest BCUT2D eigenvalue weighted by Crippen LogP contribution is -2.27. The highest BCUT2D eigenvalue weighted by molar-refractivity contribution is 7.99. The van der Waals surface area contributed by atoms with Crippen LogP contribution in [0.3, 0.4) is 0 Å². The molecular weight excluding hydrogens is 270 g/mol. The van der Waals surface area contributed by atoms with Gasteiger partial charge in [-0.05, 0) is 49.5 Å². The molecule has 2 aliphatic rings. The Balaban J connectivity index is 1.81. The van der Waals surface area contributed by atoms with Crippen LogP contribution in [0.15, 0.2) is 18.2 Å². The van der Waals surface area contributed by atoms with E-state index < -0.39 is 0 Å². The predicted octanol–water partition coefficient (Wildman–Crippen LogP) is 3.00. The van der Waals surface area contributed by atoms with Gasteiger partial charge in [0.05, 0.1) is 7.11 Å². The van der Waals surface area contributed by atoms with Crippen LogP contribution in [0.1, 0.15) is 31.2 Å². The van der Waals surface area contributed by atoms with E-state index in [4.69, 9.17) is 15.2 Å². The van der Waals surface area contributed by atoms with Crippen molar-refractivity contribution in [2.45, 2.75) is 43.7 Å². The van der Waals surface area contributed by atoms with Gasteiger partial charge in [-0.2, -0.15) is 11.8 Å². The van der Waals surface area contributed by atoms with Gasteiger partial charge in [-0.3, -0.25) is 0 Å². The monoisotopic (exact) mass is 293 g/mol. The normalized spacial score (nSPS) is 24.2. The van der Waals surface area contributed by atoms with Gasteiger partial charge in [0.2, 0.25) is 0 Å². The van der Waals surface area contributed by atoms with Crippen molar-refractivity contribution in [3.8, 4) is 11.5 Å². The van der Waals surface area contributed by atoms with Crippen LogP contribution >= 0.6 is 11.8 Å². The molecule has 110 valence electrons. The molecule has 1 aliphatic heterocycles. The molecule has 1 aliphatic carbocycles. The number of hydrogen-bond acceptors (Lipinski definition) is 4. The Hall–Kier alpha value is -0.870. The molecule has 0 amide bonds. The van der Waals surface area contributed by atoms with Gasteiger partial charge in [0.25, 0.3) is 0 Å². The number of ether oxygens (including phenoxy) is 2. The van der Waals surface area contributed by atoms with Crippen molar-refractivity contribution in [2.75, 3.05) is 18.6 Å². The van der Waals surface area contributed by atoms with Gasteiger partial charge < -0.3 is 15.2 Å². The zero-order valence-corrected chi connectivity index (χ0v) is 12.9. The largest absolute Gasteiger partial charge is 0.493 e. The van der Waals surface area contributed by atoms with Crippen LogP contribution in [-0.4, -0.2) is 30.3 Å². The third kappa shape index (κ3) is 3.23. The maximum Gasteiger partial charge on any atom is 0.164 e. The lowest BCUT2D eigenvalue weighted by atomic mass is 10.0. The number of nitrogens with two attached hydrogens (primary N) is 1. The summed E-state index contributed by atoms with van der Waals surface area (Å²) >= 11 is 1.98. The van der Waals surface area contributed by atoms with Crippen molar-refractivity contribution >= 4 is 11.8 Å². The van der Waals surface area contributed by atoms with E-state index in [1.807, 2.05) is 23.9 Å². The highest BCUT2D eigenvalue weighted by atomic mass is 32.2. The molecule has 2 N–H and O–H groups in total. The average molecular weight is 293 g/mol. The van der Waals surface area contributed by atoms with Crippen LogP contribution in [-0.2, 0) is 6.42 Å². The van der Waals surface area contributed by atoms with Crippen LogP contribution in [0.2, 0.25) is 0 Å². The molecule has 1 atom stereocenters. The highest BCUT2D eigenvalue weighted by Gasteiger charge is 2.39. The van der Waals surface area contributed by atoms with E-state index in [2.05, 4.69) is 6.07 Å². The van der Waals surface area contributed by atoms with Crippen molar-refractivity contribution in [1.82, 2.24) is 0 Å². The van der Waals surface area contributed by atoms with Gasteiger partial charge in [-0.25, -0.2) is 0 Å². The Morgan fingerprint density at radius 2 is 2.25 bits per heavy atom. The van der Waals surface area contributed by atoms with Crippen LogP contribution < -0.4 is 15.2 Å². The Labute approximate surface area is 125 Å². The Morgan fingerprint density at radius 3 is 2.90 bits per heavy atom. The maximum absolute atomic E-state index is 6.28. The molecule has 3 nitrogen and oxygen atoms in total. The molecule has 4 heteroatoms. The van der Waals surface area contributed by atoms with Crippen molar-refractivity contribution in [2.24, 2.45) is 5.73 Å². The molecule has 0 radical (unpaired) electrons. The minimum absolute atomic E-state index is 0.00815. The second-order valence-corrected chi connectivity index (χ2v) is 7.09. The quantitative estimate of drug-likeness (QED) is 0.906. The van der Waals surface area contributed by atoms with Gasteiger partial charge >= 0.3 is 0 Å². The summed E-state index contributed by atoms with van der Waals surface area (Å²) in [6.45, 7) is 0. The predicted molar refractivity (Wildman–Crippen MR) is 83.8 cm³/mol. The molecule has 1 heterocycles. The maximum atomic E-state index is 6.28. The summed E-state index contributed by atoms with van der Waals surface area (Å²) < 4.78 is 11.8. The average Bonchev–Trinajstić information content (AvgIpc) is 3.19. The molecule has 0 aromatic heterocycles. The Bertz CT molecular complexity index is 468. The van der Waals surface area contributed by atoms with Crippen LogP contribution in [0.5, 0.6) is 11.5 Å². The van der Waals surface area contributed by atoms with E-state index in [-0.39, 0.29) is 5.54 Å². The Morgan fingerprint density at radius 1 is 1.40 bits per heavy atom. The lowest BCUT2D eigenvalue weighted by molar-refractivity contribution is 0.200. The van der Waals surface area contributed by atoms with Crippen molar-refractivity contribution in [1.29, 1.82) is 0 Å². The van der Waals surface area contributed by atoms with E-state index in [1.165, 1.54) is 17.7 Å². The molecule has 2 fully saturated rings. The van der Waals surface area contributed by atoms with E-state index in [0.717, 1.165) is 42.9 Å². The van der Waals surface area contributed by atoms with E-state index >= 15 is 0 Å². The van der Waals surface area contributed by atoms with E-state index in [9.17, 15) is 0 Å². The van der Waals surface area contributed by atoms with Crippen LogP contribution in [0, 0.1) is 0 Å². The number of hydrogen-bond donors (Lipinski definition) is 1. The second kappa shape index (κ2) is 5.86. The fourth-order valence-corrected chi connectivity index (χ4v) is 3.72. The van der Waals surface area contributed by atoms with Gasteiger partial charge in [0, 0.05) is 11.3 Å². The zero-order valence-electron chi connectivity index (χ0n) is 12.1. The first-order chi connectivity index (χ1) is 9.70. The molecule has 3 rings (SSSR count). The summed E-state index contributed by atoms with van der Waals surface area (Å²) in [5, 5.41) is 0. The summed E-state index contributed by atoms with van der Waals surface area (Å²) in [5.41, 5.74) is 7.46. The summed E-state index contributed by atoms with van der Waals surface area (Å²) in [4.78, 5) is 0. The van der Waals surface area contributed by atoms with Gasteiger partial charge in [-0.1, -0.05) is 12.1 Å². The number of rotatable bonds is 5. The zero-order chi connectivity index (χ0) is 14.0. The molecular formula is C16H23NO2S. The summed E-state index contributed by atoms with van der Waals surface area (Å²) in [6.07, 6.45) is 5.79. The summed E-state index contributed by atoms with van der Waals surface area (Å²) in [5.74, 6) is 4.08. The van der Waals surface area contributed by atoms with Gasteiger partial charge in [0.1, 0.15) is 6.10 Å². The molecule has 1 aromatic carbocycles. The fourth-order valence-electron chi connectivity index (χ4n) is 2.68. The standard InChI is InChI=1S/C16H23NO2S/c1-18-14-6-2-4-12(10-16(17)7-8-16)15(14)19-13-5-3-9-20-11-13/h2,4,6,13H,3,5,7-11,17H2,1H3. The molecule has 0 bridgehead atoms. The van der Waals surface area contributed by atoms with E-state index in [0.29, 0.717) is 6.10 Å². The van der Waals surface area contributed by atoms with Crippen LogP contribution in [0.25, 0.3) is 0 Å². The van der Waals surface area contributed by atoms with E-state index in [1.54, 1.807) is 7.11 Å². The van der Waals surface area contributed by atoms with Gasteiger partial charge in [0.15, 0.2) is 11.5 Å². The molecule has 1 aromatic rings. The smallest absolute Gasteiger partial charge is 0.164 e. The molecule has 1 saturated carbocycles. The number of para-hydroxylation sites is 1. The second-order valence-electron chi connectivity index (χ2n) is 5.94. The number of thioether (sulfide) groups is 1. The third-order valence-corrected chi connectivity index (χ3v) is 5.30. The lowest BCUT2D eigenvalue weighted by Gasteiger charge is -2.25. The molecule has 1 saturated heterocycles. The first-order valence-corrected chi connectivity index (χ1v) is 8.55. The Kier molecular flexibility index (Phi) is 4.13. The van der Waals surface area contributed by atoms with Crippen molar-refractivity contribution < 1.29 is 9.47 Å². The number of benzene rings is 1.